The lowest BCUT2D eigenvalue weighted by atomic mass is 9.97. The fourth-order valence-corrected chi connectivity index (χ4v) is 4.51. The first-order valence-corrected chi connectivity index (χ1v) is 11.1. The lowest BCUT2D eigenvalue weighted by molar-refractivity contribution is -0.136. The third-order valence-corrected chi connectivity index (χ3v) is 6.52. The van der Waals surface area contributed by atoms with E-state index in [-0.39, 0.29) is 17.7 Å². The van der Waals surface area contributed by atoms with Gasteiger partial charge in [0.25, 0.3) is 5.91 Å². The number of carbonyl (C=O) groups excluding carboxylic acids is 1. The zero-order valence-corrected chi connectivity index (χ0v) is 18.5. The molecule has 5 rings (SSSR count). The van der Waals surface area contributed by atoms with E-state index >= 15 is 0 Å². The van der Waals surface area contributed by atoms with Crippen molar-refractivity contribution < 1.29 is 19.4 Å². The van der Waals surface area contributed by atoms with Gasteiger partial charge in [0.15, 0.2) is 0 Å². The van der Waals surface area contributed by atoms with E-state index in [1.54, 1.807) is 28.8 Å². The fraction of sp³-hybridized carbons (Fsp3) is 0.214. The Labute approximate surface area is 192 Å². The van der Waals surface area contributed by atoms with Crippen LogP contribution in [0.15, 0.2) is 78.9 Å². The van der Waals surface area contributed by atoms with Gasteiger partial charge in [-0.05, 0) is 67.3 Å². The average Bonchev–Trinajstić information content (AvgIpc) is 3.54. The second-order valence-electron chi connectivity index (χ2n) is 8.81. The summed E-state index contributed by atoms with van der Waals surface area (Å²) in [6.45, 7) is 2.48. The zero-order valence-electron chi connectivity index (χ0n) is 18.5. The number of nitrogens with zero attached hydrogens (tertiary/aromatic N) is 1. The molecule has 1 N–H and O–H groups in total. The van der Waals surface area contributed by atoms with E-state index in [9.17, 15) is 14.7 Å². The molecule has 5 nitrogen and oxygen atoms in total. The minimum Gasteiger partial charge on any atom is -0.493 e. The molecule has 0 saturated heterocycles. The summed E-state index contributed by atoms with van der Waals surface area (Å²) >= 11 is 0. The molecule has 1 heterocycles. The molecule has 0 unspecified atom stereocenters. The molecular weight excluding hydrogens is 414 g/mol. The number of carboxylic acid groups (broad SMARTS) is 1. The molecule has 5 heteroatoms. The van der Waals surface area contributed by atoms with Crippen LogP contribution in [0.3, 0.4) is 0 Å². The third-order valence-electron chi connectivity index (χ3n) is 6.52. The van der Waals surface area contributed by atoms with Gasteiger partial charge in [0.1, 0.15) is 5.75 Å². The van der Waals surface area contributed by atoms with Gasteiger partial charge in [-0.1, -0.05) is 42.5 Å². The summed E-state index contributed by atoms with van der Waals surface area (Å²) in [5.41, 5.74) is 4.15. The molecule has 1 fully saturated rings. The van der Waals surface area contributed by atoms with E-state index in [0.717, 1.165) is 35.2 Å². The third kappa shape index (κ3) is 4.02. The van der Waals surface area contributed by atoms with Crippen molar-refractivity contribution in [1.82, 2.24) is 4.57 Å². The smallest absolute Gasteiger partial charge is 0.307 e. The number of hydrogen-bond acceptors (Lipinski definition) is 3. The Hall–Kier alpha value is -3.86. The van der Waals surface area contributed by atoms with Crippen LogP contribution < -0.4 is 4.74 Å². The predicted molar refractivity (Wildman–Crippen MR) is 127 cm³/mol. The predicted octanol–water partition coefficient (Wildman–Crippen LogP) is 5.38. The summed E-state index contributed by atoms with van der Waals surface area (Å²) < 4.78 is 7.73. The van der Waals surface area contributed by atoms with Gasteiger partial charge >= 0.3 is 5.97 Å². The van der Waals surface area contributed by atoms with Gasteiger partial charge in [0, 0.05) is 22.1 Å². The van der Waals surface area contributed by atoms with E-state index in [0.29, 0.717) is 17.7 Å². The second kappa shape index (κ2) is 8.24. The summed E-state index contributed by atoms with van der Waals surface area (Å²) in [6.07, 6.45) is 2.17. The summed E-state index contributed by atoms with van der Waals surface area (Å²) in [5.74, 6) is -0.300. The van der Waals surface area contributed by atoms with Crippen molar-refractivity contribution >= 4 is 22.8 Å². The molecule has 4 aromatic rings. The van der Waals surface area contributed by atoms with Gasteiger partial charge in [-0.25, -0.2) is 0 Å². The monoisotopic (exact) mass is 439 g/mol. The molecule has 0 bridgehead atoms. The lowest BCUT2D eigenvalue weighted by Gasteiger charge is -2.17. The van der Waals surface area contributed by atoms with E-state index in [2.05, 4.69) is 24.3 Å². The Balaban J connectivity index is 1.35. The molecule has 1 aliphatic carbocycles. The maximum absolute atomic E-state index is 13.3. The van der Waals surface area contributed by atoms with E-state index in [1.165, 1.54) is 5.56 Å². The standard InChI is InChI=1S/C28H25NO4/c1-19-16-24-21(17-26(30)31)6-5-9-25(24)29(19)27(32)20-10-12-23(13-11-20)33-18-28(14-15-28)22-7-3-2-4-8-22/h2-13,16H,14-15,17-18H2,1H3,(H,30,31). The molecule has 166 valence electrons. The number of ether oxygens (including phenoxy) is 1. The van der Waals surface area contributed by atoms with Crippen LogP contribution in [0.2, 0.25) is 0 Å². The van der Waals surface area contributed by atoms with Crippen LogP contribution in [0.25, 0.3) is 10.9 Å². The maximum Gasteiger partial charge on any atom is 0.307 e. The van der Waals surface area contributed by atoms with Gasteiger partial charge in [0.05, 0.1) is 18.5 Å². The molecule has 33 heavy (non-hydrogen) atoms. The minimum absolute atomic E-state index is 0.0779. The molecule has 3 aromatic carbocycles. The van der Waals surface area contributed by atoms with Crippen LogP contribution in [0.5, 0.6) is 5.75 Å². The van der Waals surface area contributed by atoms with Gasteiger partial charge < -0.3 is 9.84 Å². The van der Waals surface area contributed by atoms with Gasteiger partial charge in [-0.3, -0.25) is 14.2 Å². The zero-order chi connectivity index (χ0) is 23.0. The van der Waals surface area contributed by atoms with Crippen molar-refractivity contribution in [2.24, 2.45) is 0 Å². The van der Waals surface area contributed by atoms with E-state index < -0.39 is 5.97 Å². The summed E-state index contributed by atoms with van der Waals surface area (Å²) in [5, 5.41) is 9.99. The van der Waals surface area contributed by atoms with Crippen molar-refractivity contribution in [1.29, 1.82) is 0 Å². The lowest BCUT2D eigenvalue weighted by Crippen LogP contribution is -2.17. The fourth-order valence-electron chi connectivity index (χ4n) is 4.51. The van der Waals surface area contributed by atoms with E-state index in [1.807, 2.05) is 37.3 Å². The molecule has 0 atom stereocenters. The Morgan fingerprint density at radius 1 is 0.970 bits per heavy atom. The van der Waals surface area contributed by atoms with E-state index in [4.69, 9.17) is 4.74 Å². The van der Waals surface area contributed by atoms with Gasteiger partial charge in [-0.2, -0.15) is 0 Å². The minimum atomic E-state index is -0.893. The van der Waals surface area contributed by atoms with Crippen molar-refractivity contribution in [2.45, 2.75) is 31.6 Å². The van der Waals surface area contributed by atoms with Crippen LogP contribution in [0.1, 0.15) is 40.0 Å². The Kier molecular flexibility index (Phi) is 5.25. The number of carboxylic acids is 1. The van der Waals surface area contributed by atoms with Crippen LogP contribution in [-0.2, 0) is 16.6 Å². The molecule has 1 aliphatic rings. The maximum atomic E-state index is 13.3. The highest BCUT2D eigenvalue weighted by atomic mass is 16.5. The molecular formula is C28H25NO4. The quantitative estimate of drug-likeness (QED) is 0.420. The van der Waals surface area contributed by atoms with Gasteiger partial charge in [0.2, 0.25) is 0 Å². The highest BCUT2D eigenvalue weighted by Gasteiger charge is 2.45. The molecule has 0 aliphatic heterocycles. The second-order valence-corrected chi connectivity index (χ2v) is 8.81. The number of benzene rings is 3. The SMILES string of the molecule is Cc1cc2c(CC(=O)O)cccc2n1C(=O)c1ccc(OCC2(c3ccccc3)CC2)cc1. The van der Waals surface area contributed by atoms with Gasteiger partial charge in [-0.15, -0.1) is 0 Å². The molecule has 1 aromatic heterocycles. The first-order valence-electron chi connectivity index (χ1n) is 11.1. The highest BCUT2D eigenvalue weighted by molar-refractivity contribution is 6.04. The van der Waals surface area contributed by atoms with Crippen molar-refractivity contribution in [2.75, 3.05) is 6.61 Å². The van der Waals surface area contributed by atoms with Crippen molar-refractivity contribution in [3.63, 3.8) is 0 Å². The Morgan fingerprint density at radius 3 is 2.36 bits per heavy atom. The Morgan fingerprint density at radius 2 is 1.70 bits per heavy atom. The number of aromatic nitrogens is 1. The van der Waals surface area contributed by atoms with Crippen LogP contribution in [0.4, 0.5) is 0 Å². The van der Waals surface area contributed by atoms with Crippen LogP contribution in [0, 0.1) is 6.92 Å². The number of hydrogen-bond donors (Lipinski definition) is 1. The van der Waals surface area contributed by atoms with Crippen molar-refractivity contribution in [3.05, 3.63) is 101 Å². The highest BCUT2D eigenvalue weighted by Crippen LogP contribution is 2.48. The van der Waals surface area contributed by atoms with Crippen LogP contribution >= 0.6 is 0 Å². The molecule has 0 radical (unpaired) electrons. The topological polar surface area (TPSA) is 68.5 Å². The summed E-state index contributed by atoms with van der Waals surface area (Å²) in [6, 6.07) is 25.0. The average molecular weight is 440 g/mol. The molecule has 0 spiro atoms. The number of fused-ring (bicyclic) bond motifs is 1. The Bertz CT molecular complexity index is 1330. The number of rotatable bonds is 7. The summed E-state index contributed by atoms with van der Waals surface area (Å²) in [4.78, 5) is 24.5. The largest absolute Gasteiger partial charge is 0.493 e. The van der Waals surface area contributed by atoms with Crippen LogP contribution in [-0.4, -0.2) is 28.2 Å². The molecule has 1 saturated carbocycles. The summed E-state index contributed by atoms with van der Waals surface area (Å²) in [7, 11) is 0. The normalized spacial score (nSPS) is 14.2. The first kappa shape index (κ1) is 21.0. The number of carbonyl (C=O) groups is 2. The van der Waals surface area contributed by atoms with Crippen molar-refractivity contribution in [3.8, 4) is 5.75 Å². The number of aryl methyl sites for hydroxylation is 1. The first-order chi connectivity index (χ1) is 16.0. The molecule has 0 amide bonds. The number of aliphatic carboxylic acids is 1.